The lowest BCUT2D eigenvalue weighted by Gasteiger charge is -2.17. The fourth-order valence-electron chi connectivity index (χ4n) is 1.88. The third-order valence-electron chi connectivity index (χ3n) is 3.03. The molecule has 1 aromatic carbocycles. The summed E-state index contributed by atoms with van der Waals surface area (Å²) in [5, 5.41) is 13.9. The zero-order valence-electron chi connectivity index (χ0n) is 12.8. The molecule has 0 aliphatic carbocycles. The Bertz CT molecular complexity index is 761. The van der Waals surface area contributed by atoms with Crippen molar-refractivity contribution >= 4 is 47.1 Å². The lowest BCUT2D eigenvalue weighted by atomic mass is 10.2. The second-order valence-electron chi connectivity index (χ2n) is 4.84. The van der Waals surface area contributed by atoms with E-state index in [4.69, 9.17) is 28.6 Å². The van der Waals surface area contributed by atoms with E-state index in [-0.39, 0.29) is 5.91 Å². The van der Waals surface area contributed by atoms with Crippen molar-refractivity contribution in [2.75, 3.05) is 5.32 Å². The van der Waals surface area contributed by atoms with Gasteiger partial charge in [-0.2, -0.15) is 0 Å². The normalized spacial score (nSPS) is 12.4. The lowest BCUT2D eigenvalue weighted by molar-refractivity contribution is 0.0949. The number of carbonyl (C=O) groups is 1. The van der Waals surface area contributed by atoms with Gasteiger partial charge in [-0.3, -0.25) is 10.2 Å². The van der Waals surface area contributed by atoms with Gasteiger partial charge in [-0.05, 0) is 37.3 Å². The molecule has 0 fully saturated rings. The van der Waals surface area contributed by atoms with Crippen LogP contribution in [0.15, 0.2) is 47.6 Å². The van der Waals surface area contributed by atoms with Gasteiger partial charge in [0.2, 0.25) is 0 Å². The van der Waals surface area contributed by atoms with Gasteiger partial charge in [0.1, 0.15) is 18.0 Å². The smallest absolute Gasteiger partial charge is 0.251 e. The number of nitrogens with one attached hydrogen (secondary N) is 3. The van der Waals surface area contributed by atoms with Crippen molar-refractivity contribution in [1.29, 1.82) is 5.41 Å². The van der Waals surface area contributed by atoms with Gasteiger partial charge in [0.15, 0.2) is 0 Å². The van der Waals surface area contributed by atoms with Crippen molar-refractivity contribution in [3.8, 4) is 0 Å². The van der Waals surface area contributed by atoms with E-state index in [1.807, 2.05) is 0 Å². The Morgan fingerprint density at radius 1 is 1.29 bits per heavy atom. The van der Waals surface area contributed by atoms with Crippen LogP contribution in [0.2, 0.25) is 10.0 Å². The van der Waals surface area contributed by atoms with Crippen LogP contribution in [0.1, 0.15) is 17.3 Å². The van der Waals surface area contributed by atoms with E-state index < -0.39 is 6.04 Å². The van der Waals surface area contributed by atoms with Crippen molar-refractivity contribution < 1.29 is 4.79 Å². The number of aromatic nitrogens is 1. The van der Waals surface area contributed by atoms with E-state index in [1.54, 1.807) is 43.3 Å². The molecule has 24 heavy (non-hydrogen) atoms. The molecule has 0 bridgehead atoms. The van der Waals surface area contributed by atoms with E-state index >= 15 is 0 Å². The first-order valence-electron chi connectivity index (χ1n) is 7.01. The van der Waals surface area contributed by atoms with Crippen LogP contribution in [0.5, 0.6) is 0 Å². The number of carbonyl (C=O) groups excluding carboxylic acids is 1. The van der Waals surface area contributed by atoms with Crippen LogP contribution in [0.25, 0.3) is 0 Å². The molecule has 0 radical (unpaired) electrons. The van der Waals surface area contributed by atoms with E-state index in [1.165, 1.54) is 6.20 Å². The predicted octanol–water partition coefficient (Wildman–Crippen LogP) is 3.62. The van der Waals surface area contributed by atoms with E-state index in [0.717, 1.165) is 6.34 Å². The summed E-state index contributed by atoms with van der Waals surface area (Å²) < 4.78 is 0. The van der Waals surface area contributed by atoms with Gasteiger partial charge in [-0.25, -0.2) is 9.98 Å². The summed E-state index contributed by atoms with van der Waals surface area (Å²) in [6.07, 6.45) is 2.38. The molecule has 2 aromatic rings. The van der Waals surface area contributed by atoms with E-state index in [0.29, 0.717) is 27.3 Å². The number of nitrogens with zero attached hydrogens (tertiary/aromatic N) is 2. The van der Waals surface area contributed by atoms with Gasteiger partial charge in [0.05, 0.1) is 11.1 Å². The number of amidine groups is 1. The summed E-state index contributed by atoms with van der Waals surface area (Å²) in [5.74, 6) is 0.576. The first kappa shape index (κ1) is 17.9. The SMILES string of the molecule is C[C@H](NC(=O)c1cccc(Cl)c1)/C(=N/C=N)Nc1ccc(Cl)cn1. The highest BCUT2D eigenvalue weighted by Gasteiger charge is 2.15. The van der Waals surface area contributed by atoms with Crippen molar-refractivity contribution in [1.82, 2.24) is 10.3 Å². The minimum absolute atomic E-state index is 0.298. The third-order valence-corrected chi connectivity index (χ3v) is 3.49. The van der Waals surface area contributed by atoms with Crippen molar-refractivity contribution in [2.45, 2.75) is 13.0 Å². The number of benzene rings is 1. The first-order valence-corrected chi connectivity index (χ1v) is 7.77. The number of halogens is 2. The second kappa shape index (κ2) is 8.42. The highest BCUT2D eigenvalue weighted by Crippen LogP contribution is 2.12. The predicted molar refractivity (Wildman–Crippen MR) is 97.5 cm³/mol. The molecule has 1 amide bonds. The molecule has 0 aliphatic rings. The number of pyridine rings is 1. The van der Waals surface area contributed by atoms with E-state index in [9.17, 15) is 4.79 Å². The van der Waals surface area contributed by atoms with Gasteiger partial charge >= 0.3 is 0 Å². The Morgan fingerprint density at radius 2 is 2.08 bits per heavy atom. The van der Waals surface area contributed by atoms with Gasteiger partial charge in [-0.1, -0.05) is 29.3 Å². The summed E-state index contributed by atoms with van der Waals surface area (Å²) in [6, 6.07) is 9.50. The van der Waals surface area contributed by atoms with E-state index in [2.05, 4.69) is 20.6 Å². The van der Waals surface area contributed by atoms with Gasteiger partial charge in [0.25, 0.3) is 5.91 Å². The Kier molecular flexibility index (Phi) is 6.28. The quantitative estimate of drug-likeness (QED) is 0.559. The number of aliphatic imine (C=N–C) groups is 1. The zero-order valence-corrected chi connectivity index (χ0v) is 14.3. The summed E-state index contributed by atoms with van der Waals surface area (Å²) in [7, 11) is 0. The molecule has 1 aromatic heterocycles. The van der Waals surface area contributed by atoms with Crippen LogP contribution in [0.4, 0.5) is 5.82 Å². The molecule has 0 saturated heterocycles. The molecule has 8 heteroatoms. The fraction of sp³-hybridized carbons (Fsp3) is 0.125. The molecular formula is C16H15Cl2N5O. The van der Waals surface area contributed by atoms with Crippen LogP contribution >= 0.6 is 23.2 Å². The largest absolute Gasteiger partial charge is 0.342 e. The molecular weight excluding hydrogens is 349 g/mol. The molecule has 2 rings (SSSR count). The molecule has 0 spiro atoms. The minimum atomic E-state index is -0.476. The molecule has 1 heterocycles. The number of anilines is 1. The molecule has 124 valence electrons. The zero-order chi connectivity index (χ0) is 17.5. The maximum atomic E-state index is 12.3. The number of hydrogen-bond acceptors (Lipinski definition) is 3. The Morgan fingerprint density at radius 3 is 2.71 bits per heavy atom. The summed E-state index contributed by atoms with van der Waals surface area (Å²) in [4.78, 5) is 20.3. The number of hydrogen-bond donors (Lipinski definition) is 3. The topological polar surface area (TPSA) is 90.2 Å². The van der Waals surface area contributed by atoms with Crippen molar-refractivity contribution in [3.63, 3.8) is 0 Å². The fourth-order valence-corrected chi connectivity index (χ4v) is 2.18. The lowest BCUT2D eigenvalue weighted by Crippen LogP contribution is -2.42. The van der Waals surface area contributed by atoms with Crippen molar-refractivity contribution in [3.05, 3.63) is 58.2 Å². The minimum Gasteiger partial charge on any atom is -0.342 e. The van der Waals surface area contributed by atoms with Crippen LogP contribution < -0.4 is 10.6 Å². The summed E-state index contributed by atoms with van der Waals surface area (Å²) >= 11 is 11.7. The summed E-state index contributed by atoms with van der Waals surface area (Å²) in [6.45, 7) is 1.74. The Labute approximate surface area is 149 Å². The average molecular weight is 364 g/mol. The number of amides is 1. The third kappa shape index (κ3) is 5.04. The maximum Gasteiger partial charge on any atom is 0.251 e. The first-order chi connectivity index (χ1) is 11.5. The average Bonchev–Trinajstić information content (AvgIpc) is 2.56. The molecule has 0 saturated carbocycles. The Hall–Kier alpha value is -2.44. The second-order valence-corrected chi connectivity index (χ2v) is 5.71. The van der Waals surface area contributed by atoms with Crippen molar-refractivity contribution in [2.24, 2.45) is 4.99 Å². The highest BCUT2D eigenvalue weighted by atomic mass is 35.5. The van der Waals surface area contributed by atoms with Crippen LogP contribution in [-0.2, 0) is 0 Å². The van der Waals surface area contributed by atoms with Crippen LogP contribution in [0, 0.1) is 5.41 Å². The van der Waals surface area contributed by atoms with Crippen LogP contribution in [-0.4, -0.2) is 29.1 Å². The highest BCUT2D eigenvalue weighted by molar-refractivity contribution is 6.31. The Balaban J connectivity index is 2.10. The van der Waals surface area contributed by atoms with Gasteiger partial charge in [-0.15, -0.1) is 0 Å². The molecule has 1 atom stereocenters. The maximum absolute atomic E-state index is 12.3. The molecule has 6 nitrogen and oxygen atoms in total. The molecule has 3 N–H and O–H groups in total. The van der Waals surface area contributed by atoms with Gasteiger partial charge in [0, 0.05) is 16.8 Å². The molecule has 0 aliphatic heterocycles. The summed E-state index contributed by atoms with van der Waals surface area (Å²) in [5.41, 5.74) is 0.438. The van der Waals surface area contributed by atoms with Crippen LogP contribution in [0.3, 0.4) is 0 Å². The number of rotatable bonds is 5. The standard InChI is InChI=1S/C16H15Cl2N5O/c1-10(22-16(24)11-3-2-4-12(17)7-11)15(21-9-19)23-14-6-5-13(18)8-20-14/h2-10H,1H3,(H,22,24)(H2,19,20,21,23)/t10-/m0/s1. The van der Waals surface area contributed by atoms with Gasteiger partial charge < -0.3 is 10.6 Å². The molecule has 0 unspecified atom stereocenters. The monoisotopic (exact) mass is 363 g/mol.